The number of aliphatic imine (C=N–C) groups is 1. The number of guanidine groups is 1. The first-order chi connectivity index (χ1) is 8.49. The molecule has 0 aromatic rings. The Balaban J connectivity index is 0.00000324. The van der Waals surface area contributed by atoms with Gasteiger partial charge in [-0.3, -0.25) is 19.5 Å². The monoisotopic (exact) mass is 308 g/mol. The molecule has 6 nitrogen and oxygen atoms in total. The average Bonchev–Trinajstić information content (AvgIpc) is 2.27. The van der Waals surface area contributed by atoms with Gasteiger partial charge in [0.15, 0.2) is 5.96 Å². The molecule has 1 aliphatic rings. The Bertz CT molecular complexity index is 361. The molecule has 0 saturated carbocycles. The van der Waals surface area contributed by atoms with Gasteiger partial charge >= 0.3 is 0 Å². The highest BCUT2D eigenvalue weighted by Crippen LogP contribution is 2.37. The number of nitrogens with two attached hydrogens (primary N) is 2. The van der Waals surface area contributed by atoms with Crippen molar-refractivity contribution in [2.75, 3.05) is 12.3 Å². The molecule has 0 radical (unpaired) electrons. The third kappa shape index (κ3) is 4.58. The first-order valence-corrected chi connectivity index (χ1v) is 7.04. The van der Waals surface area contributed by atoms with E-state index in [2.05, 4.69) is 4.99 Å². The van der Waals surface area contributed by atoms with Crippen LogP contribution in [0.5, 0.6) is 0 Å². The fourth-order valence-electron chi connectivity index (χ4n) is 2.01. The minimum atomic E-state index is -0.175. The summed E-state index contributed by atoms with van der Waals surface area (Å²) in [7, 11) is 0. The van der Waals surface area contributed by atoms with Crippen LogP contribution in [0.4, 0.5) is 0 Å². The van der Waals surface area contributed by atoms with Gasteiger partial charge in [-0.25, -0.2) is 0 Å². The van der Waals surface area contributed by atoms with E-state index in [0.29, 0.717) is 6.54 Å². The number of likely N-dealkylation sites (tertiary alicyclic amines) is 1. The maximum absolute atomic E-state index is 11.8. The van der Waals surface area contributed by atoms with Crippen molar-refractivity contribution >= 4 is 41.9 Å². The molecule has 1 fully saturated rings. The molecular formula is C11H21ClN4O2S. The van der Waals surface area contributed by atoms with Crippen LogP contribution in [0.1, 0.15) is 26.7 Å². The molecule has 0 bridgehead atoms. The zero-order valence-corrected chi connectivity index (χ0v) is 12.8. The molecule has 1 aliphatic heterocycles. The molecule has 1 heterocycles. The molecule has 110 valence electrons. The van der Waals surface area contributed by atoms with Crippen LogP contribution in [0.2, 0.25) is 0 Å². The third-order valence-electron chi connectivity index (χ3n) is 2.80. The Morgan fingerprint density at radius 2 is 2.11 bits per heavy atom. The number of hydrogen-bond donors (Lipinski definition) is 2. The molecule has 4 N–H and O–H groups in total. The molecule has 0 aliphatic carbocycles. The lowest BCUT2D eigenvalue weighted by Crippen LogP contribution is -2.61. The Morgan fingerprint density at radius 1 is 1.47 bits per heavy atom. The average molecular weight is 309 g/mol. The van der Waals surface area contributed by atoms with Gasteiger partial charge in [-0.2, -0.15) is 0 Å². The van der Waals surface area contributed by atoms with Gasteiger partial charge in [-0.1, -0.05) is 6.92 Å². The lowest BCUT2D eigenvalue weighted by molar-refractivity contribution is -0.160. The van der Waals surface area contributed by atoms with Gasteiger partial charge in [0.05, 0.1) is 11.3 Å². The number of imide groups is 1. The van der Waals surface area contributed by atoms with E-state index >= 15 is 0 Å². The van der Waals surface area contributed by atoms with Gasteiger partial charge in [0, 0.05) is 13.5 Å². The smallest absolute Gasteiger partial charge is 0.236 e. The summed E-state index contributed by atoms with van der Waals surface area (Å²) in [6, 6.07) is 0. The molecule has 8 heteroatoms. The fraction of sp³-hybridized carbons (Fsp3) is 0.727. The second-order valence-corrected chi connectivity index (χ2v) is 5.52. The van der Waals surface area contributed by atoms with Crippen molar-refractivity contribution < 1.29 is 9.59 Å². The standard InChI is InChI=1S/C11H20N4O2S.ClH/c1-3-18-10-8(5-4-6-14-11(12)13)9(17)15(10)7(2)16;/h8,10H,3-6H2,1-2H3,(H4,12,13,14);1H/t8-,10+;/m0./s1. The molecule has 0 unspecified atom stereocenters. The van der Waals surface area contributed by atoms with Crippen molar-refractivity contribution in [3.05, 3.63) is 0 Å². The summed E-state index contributed by atoms with van der Waals surface area (Å²) in [5.41, 5.74) is 10.4. The van der Waals surface area contributed by atoms with Crippen LogP contribution in [0.25, 0.3) is 0 Å². The van der Waals surface area contributed by atoms with Crippen molar-refractivity contribution in [3.63, 3.8) is 0 Å². The van der Waals surface area contributed by atoms with Gasteiger partial charge in [0.2, 0.25) is 11.8 Å². The zero-order chi connectivity index (χ0) is 13.7. The summed E-state index contributed by atoms with van der Waals surface area (Å²) in [5.74, 6) is 0.629. The van der Waals surface area contributed by atoms with Crippen molar-refractivity contribution in [1.29, 1.82) is 0 Å². The van der Waals surface area contributed by atoms with Crippen LogP contribution >= 0.6 is 24.2 Å². The molecule has 1 saturated heterocycles. The van der Waals surface area contributed by atoms with Crippen LogP contribution in [-0.2, 0) is 9.59 Å². The number of amides is 2. The summed E-state index contributed by atoms with van der Waals surface area (Å²) in [5, 5.41) is -0.0146. The van der Waals surface area contributed by atoms with E-state index in [1.807, 2.05) is 6.92 Å². The molecule has 19 heavy (non-hydrogen) atoms. The normalized spacial score (nSPS) is 21.4. The van der Waals surface area contributed by atoms with Crippen LogP contribution in [-0.4, -0.2) is 40.3 Å². The second-order valence-electron chi connectivity index (χ2n) is 4.13. The summed E-state index contributed by atoms with van der Waals surface area (Å²) < 4.78 is 0. The predicted molar refractivity (Wildman–Crippen MR) is 80.1 cm³/mol. The van der Waals surface area contributed by atoms with Crippen LogP contribution < -0.4 is 11.5 Å². The Hall–Kier alpha value is -0.950. The molecule has 0 spiro atoms. The van der Waals surface area contributed by atoms with Crippen LogP contribution in [0.3, 0.4) is 0 Å². The number of carbonyl (C=O) groups excluding carboxylic acids is 2. The van der Waals surface area contributed by atoms with E-state index in [4.69, 9.17) is 11.5 Å². The molecular weight excluding hydrogens is 288 g/mol. The van der Waals surface area contributed by atoms with E-state index in [1.165, 1.54) is 11.8 Å². The number of halogens is 1. The predicted octanol–water partition coefficient (Wildman–Crippen LogP) is 0.546. The van der Waals surface area contributed by atoms with Crippen molar-refractivity contribution in [1.82, 2.24) is 4.90 Å². The Labute approximate surface area is 123 Å². The zero-order valence-electron chi connectivity index (χ0n) is 11.2. The molecule has 2 atom stereocenters. The number of rotatable bonds is 6. The second kappa shape index (κ2) is 8.27. The molecule has 0 aromatic heterocycles. The number of β-lactam (4-membered cyclic amide) rings is 1. The first kappa shape index (κ1) is 18.0. The quantitative estimate of drug-likeness (QED) is 0.323. The van der Waals surface area contributed by atoms with E-state index in [0.717, 1.165) is 18.6 Å². The van der Waals surface area contributed by atoms with Crippen molar-refractivity contribution in [2.24, 2.45) is 22.4 Å². The summed E-state index contributed by atoms with van der Waals surface area (Å²) >= 11 is 1.63. The lowest BCUT2D eigenvalue weighted by Gasteiger charge is -2.44. The molecule has 2 amide bonds. The number of hydrogen-bond acceptors (Lipinski definition) is 4. The van der Waals surface area contributed by atoms with E-state index < -0.39 is 0 Å². The third-order valence-corrected chi connectivity index (χ3v) is 4.01. The van der Waals surface area contributed by atoms with Crippen LogP contribution in [0, 0.1) is 5.92 Å². The van der Waals surface area contributed by atoms with Gasteiger partial charge in [-0.15, -0.1) is 24.2 Å². The fourth-order valence-corrected chi connectivity index (χ4v) is 3.23. The first-order valence-electron chi connectivity index (χ1n) is 5.99. The maximum Gasteiger partial charge on any atom is 0.236 e. The summed E-state index contributed by atoms with van der Waals surface area (Å²) in [6.07, 6.45) is 1.47. The van der Waals surface area contributed by atoms with Crippen molar-refractivity contribution in [3.8, 4) is 0 Å². The number of thioether (sulfide) groups is 1. The molecule has 0 aromatic carbocycles. The van der Waals surface area contributed by atoms with Gasteiger partial charge in [0.1, 0.15) is 0 Å². The van der Waals surface area contributed by atoms with Gasteiger partial charge in [0.25, 0.3) is 0 Å². The largest absolute Gasteiger partial charge is 0.370 e. The maximum atomic E-state index is 11.8. The van der Waals surface area contributed by atoms with Crippen molar-refractivity contribution in [2.45, 2.75) is 32.1 Å². The Kier molecular flexibility index (Phi) is 7.85. The van der Waals surface area contributed by atoms with Gasteiger partial charge < -0.3 is 11.5 Å². The summed E-state index contributed by atoms with van der Waals surface area (Å²) in [6.45, 7) is 3.97. The highest BCUT2D eigenvalue weighted by atomic mass is 35.5. The highest BCUT2D eigenvalue weighted by Gasteiger charge is 2.48. The number of nitrogens with zero attached hydrogens (tertiary/aromatic N) is 2. The lowest BCUT2D eigenvalue weighted by atomic mass is 9.93. The minimum absolute atomic E-state index is 0. The minimum Gasteiger partial charge on any atom is -0.370 e. The summed E-state index contributed by atoms with van der Waals surface area (Å²) in [4.78, 5) is 28.4. The van der Waals surface area contributed by atoms with Crippen LogP contribution in [0.15, 0.2) is 4.99 Å². The van der Waals surface area contributed by atoms with Gasteiger partial charge in [-0.05, 0) is 18.6 Å². The van der Waals surface area contributed by atoms with E-state index in [1.54, 1.807) is 11.8 Å². The molecule has 1 rings (SSSR count). The highest BCUT2D eigenvalue weighted by molar-refractivity contribution is 8.00. The number of carbonyl (C=O) groups is 2. The van der Waals surface area contributed by atoms with E-state index in [-0.39, 0.29) is 41.5 Å². The Morgan fingerprint density at radius 3 is 2.58 bits per heavy atom. The topological polar surface area (TPSA) is 102 Å². The van der Waals surface area contributed by atoms with E-state index in [9.17, 15) is 9.59 Å². The SMILES string of the molecule is CCS[C@@H]1[C@@H](CCCN=C(N)N)C(=O)N1C(C)=O.Cl.